The Morgan fingerprint density at radius 1 is 0.607 bits per heavy atom. The number of hydrogen-bond acceptors (Lipinski definition) is 2. The third-order valence-electron chi connectivity index (χ3n) is 5.45. The predicted octanol–water partition coefficient (Wildman–Crippen LogP) is 6.01. The van der Waals surface area contributed by atoms with Crippen LogP contribution in [0.3, 0.4) is 0 Å². The van der Waals surface area contributed by atoms with Gasteiger partial charge in [0.05, 0.1) is 0 Å². The van der Waals surface area contributed by atoms with Crippen molar-refractivity contribution in [1.29, 1.82) is 0 Å². The normalized spacial score (nSPS) is 13.0. The zero-order valence-electron chi connectivity index (χ0n) is 16.0. The van der Waals surface area contributed by atoms with Gasteiger partial charge in [0.15, 0.2) is 0 Å². The summed E-state index contributed by atoms with van der Waals surface area (Å²) in [5, 5.41) is 1.41. The van der Waals surface area contributed by atoms with Gasteiger partial charge in [0.2, 0.25) is 0 Å². The molecule has 0 aliphatic heterocycles. The van der Waals surface area contributed by atoms with Crippen molar-refractivity contribution < 1.29 is 0 Å². The second-order valence-electron chi connectivity index (χ2n) is 7.15. The number of benzene rings is 3. The number of unbranched alkanes of at least 4 members (excludes halogenated alkanes) is 1. The van der Waals surface area contributed by atoms with Crippen LogP contribution in [0.5, 0.6) is 0 Å². The van der Waals surface area contributed by atoms with Crippen molar-refractivity contribution >= 4 is 62.0 Å². The molecule has 0 aliphatic carbocycles. The van der Waals surface area contributed by atoms with Gasteiger partial charge in [-0.2, -0.15) is 0 Å². The van der Waals surface area contributed by atoms with Gasteiger partial charge in [-0.3, -0.25) is 0 Å². The van der Waals surface area contributed by atoms with Crippen molar-refractivity contribution in [3.63, 3.8) is 0 Å². The summed E-state index contributed by atoms with van der Waals surface area (Å²) in [6.07, 6.45) is 4.34. The van der Waals surface area contributed by atoms with Gasteiger partial charge < -0.3 is 0 Å². The van der Waals surface area contributed by atoms with Crippen LogP contribution in [0.25, 0.3) is 0 Å². The Labute approximate surface area is 188 Å². The van der Waals surface area contributed by atoms with E-state index in [0.29, 0.717) is 0 Å². The van der Waals surface area contributed by atoms with Crippen LogP contribution in [0.15, 0.2) is 84.9 Å². The molecule has 0 radical (unpaired) electrons. The van der Waals surface area contributed by atoms with Crippen molar-refractivity contribution in [2.24, 2.45) is 0 Å². The van der Waals surface area contributed by atoms with Crippen LogP contribution in [0.4, 0.5) is 0 Å². The first-order valence-electron chi connectivity index (χ1n) is 9.78. The summed E-state index contributed by atoms with van der Waals surface area (Å²) in [6, 6.07) is 31.3. The molecule has 0 atom stereocenters. The molecule has 0 unspecified atom stereocenters. The molecule has 3 rings (SSSR count). The molecule has 0 fully saturated rings. The summed E-state index contributed by atoms with van der Waals surface area (Å²) in [5.41, 5.74) is 1.34. The van der Waals surface area contributed by atoms with Gasteiger partial charge in [0, 0.05) is 0 Å². The Bertz CT molecular complexity index is 827. The second-order valence-corrected chi connectivity index (χ2v) is 17.1. The van der Waals surface area contributed by atoms with E-state index in [1.807, 2.05) is 0 Å². The topological polar surface area (TPSA) is 0 Å². The molecule has 3 aromatic carbocycles. The van der Waals surface area contributed by atoms with Gasteiger partial charge >= 0.3 is 189 Å². The van der Waals surface area contributed by atoms with E-state index < -0.39 is 5.31 Å². The fourth-order valence-corrected chi connectivity index (χ4v) is 12.1. The van der Waals surface area contributed by atoms with Crippen molar-refractivity contribution in [3.8, 4) is 0 Å². The molecule has 0 spiro atoms. The number of thiol groups is 2. The van der Waals surface area contributed by atoms with E-state index in [-0.39, 0.29) is 0 Å². The molecule has 148 valence electrons. The van der Waals surface area contributed by atoms with Gasteiger partial charge in [-0.15, -0.1) is 0 Å². The molecule has 0 aliphatic rings. The molecule has 0 bridgehead atoms. The first-order valence-corrected chi connectivity index (χ1v) is 15.5. The standard InChI is InChI=1S/C24H28BrPS2/c25-26(18-7-8-19-27,22-9-3-1-4-10-22,23-11-5-2-6-12-23)24-15-13-21(14-16-24)17-20-28/h1-6,9-16,27-28H,7-8,17-20H2. The molecule has 0 saturated carbocycles. The van der Waals surface area contributed by atoms with Crippen LogP contribution in [-0.2, 0) is 6.42 Å². The quantitative estimate of drug-likeness (QED) is 0.205. The molecule has 0 aromatic heterocycles. The van der Waals surface area contributed by atoms with E-state index >= 15 is 0 Å². The van der Waals surface area contributed by atoms with Gasteiger partial charge in [-0.1, -0.05) is 0 Å². The van der Waals surface area contributed by atoms with Crippen LogP contribution in [0, 0.1) is 0 Å². The van der Waals surface area contributed by atoms with Gasteiger partial charge in [0.25, 0.3) is 0 Å². The molecular formula is C24H28BrPS2. The first-order chi connectivity index (χ1) is 13.6. The summed E-state index contributed by atoms with van der Waals surface area (Å²) in [5.74, 6) is 1.79. The van der Waals surface area contributed by atoms with E-state index in [4.69, 9.17) is 0 Å². The molecule has 0 saturated heterocycles. The van der Waals surface area contributed by atoms with E-state index in [9.17, 15) is 0 Å². The SMILES string of the molecule is SCCCCP(Br)(c1ccccc1)(c1ccccc1)c1ccc(CCS)cc1. The van der Waals surface area contributed by atoms with E-state index in [1.165, 1.54) is 21.5 Å². The molecule has 0 nitrogen and oxygen atoms in total. The predicted molar refractivity (Wildman–Crippen MR) is 140 cm³/mol. The minimum atomic E-state index is -2.76. The van der Waals surface area contributed by atoms with E-state index in [1.54, 1.807) is 0 Å². The number of halogens is 1. The van der Waals surface area contributed by atoms with Gasteiger partial charge in [0.1, 0.15) is 0 Å². The van der Waals surface area contributed by atoms with Crippen molar-refractivity contribution in [2.45, 2.75) is 19.3 Å². The molecule has 0 amide bonds. The van der Waals surface area contributed by atoms with Crippen LogP contribution in [0.1, 0.15) is 18.4 Å². The monoisotopic (exact) mass is 490 g/mol. The Morgan fingerprint density at radius 3 is 1.57 bits per heavy atom. The Kier molecular flexibility index (Phi) is 7.73. The minimum absolute atomic E-state index is 0.872. The van der Waals surface area contributed by atoms with Crippen LogP contribution in [0.2, 0.25) is 0 Å². The zero-order chi connectivity index (χ0) is 19.9. The van der Waals surface area contributed by atoms with Gasteiger partial charge in [-0.25, -0.2) is 0 Å². The van der Waals surface area contributed by atoms with Crippen molar-refractivity contribution in [1.82, 2.24) is 0 Å². The summed E-state index contributed by atoms with van der Waals surface area (Å²) in [4.78, 5) is 0. The summed E-state index contributed by atoms with van der Waals surface area (Å²) >= 11 is 13.4. The van der Waals surface area contributed by atoms with Crippen molar-refractivity contribution in [2.75, 3.05) is 17.7 Å². The Balaban J connectivity index is 2.26. The fraction of sp³-hybridized carbons (Fsp3) is 0.250. The number of hydrogen-bond donors (Lipinski definition) is 2. The van der Waals surface area contributed by atoms with Crippen LogP contribution < -0.4 is 15.9 Å². The third kappa shape index (κ3) is 4.24. The number of aryl methyl sites for hydroxylation is 1. The summed E-state index contributed by atoms with van der Waals surface area (Å²) in [6.45, 7) is 0. The molecular weight excluding hydrogens is 463 g/mol. The maximum absolute atomic E-state index is 4.50. The summed E-state index contributed by atoms with van der Waals surface area (Å²) in [7, 11) is 0. The van der Waals surface area contributed by atoms with E-state index in [0.717, 1.165) is 36.9 Å². The fourth-order valence-electron chi connectivity index (χ4n) is 3.94. The second kappa shape index (κ2) is 9.85. The molecule has 0 N–H and O–H groups in total. The summed E-state index contributed by atoms with van der Waals surface area (Å²) < 4.78 is 0. The van der Waals surface area contributed by atoms with Crippen molar-refractivity contribution in [3.05, 3.63) is 90.5 Å². The molecule has 3 aromatic rings. The molecule has 28 heavy (non-hydrogen) atoms. The first kappa shape index (κ1) is 22.0. The Hall–Kier alpha value is -0.730. The molecule has 4 heteroatoms. The maximum atomic E-state index is 4.50. The average Bonchev–Trinajstić information content (AvgIpc) is 2.76. The molecule has 0 heterocycles. The number of rotatable bonds is 9. The van der Waals surface area contributed by atoms with Crippen LogP contribution in [-0.4, -0.2) is 17.7 Å². The Morgan fingerprint density at radius 2 is 1.11 bits per heavy atom. The zero-order valence-corrected chi connectivity index (χ0v) is 20.3. The van der Waals surface area contributed by atoms with Crippen LogP contribution >= 0.6 is 46.1 Å². The average molecular weight is 492 g/mol. The van der Waals surface area contributed by atoms with Gasteiger partial charge in [-0.05, 0) is 0 Å². The van der Waals surface area contributed by atoms with E-state index in [2.05, 4.69) is 126 Å². The third-order valence-corrected chi connectivity index (χ3v) is 16.0.